The van der Waals surface area contributed by atoms with Crippen molar-refractivity contribution in [2.75, 3.05) is 0 Å². The lowest BCUT2D eigenvalue weighted by molar-refractivity contribution is -0.107. The van der Waals surface area contributed by atoms with E-state index in [0.29, 0.717) is 0 Å². The summed E-state index contributed by atoms with van der Waals surface area (Å²) in [4.78, 5) is 0. The maximum absolute atomic E-state index is 8.59. The Morgan fingerprint density at radius 3 is 2.40 bits per heavy atom. The first-order valence-corrected chi connectivity index (χ1v) is 2.41. The first-order chi connectivity index (χ1) is 4.61. The fourth-order valence-electron chi connectivity index (χ4n) is 0.454. The van der Waals surface area contributed by atoms with E-state index in [1.54, 1.807) is 0 Å². The first kappa shape index (κ1) is 6.76. The van der Waals surface area contributed by atoms with Gasteiger partial charge in [-0.05, 0) is 0 Å². The molecule has 1 aliphatic heterocycles. The Kier molecular flexibility index (Phi) is 1.42. The van der Waals surface area contributed by atoms with Gasteiger partial charge in [0.1, 0.15) is 0 Å². The van der Waals surface area contributed by atoms with Crippen LogP contribution in [0.2, 0.25) is 0 Å². The molecule has 0 bridgehead atoms. The van der Waals surface area contributed by atoms with E-state index in [1.807, 2.05) is 6.08 Å². The molecule has 5 heteroatoms. The van der Waals surface area contributed by atoms with Gasteiger partial charge in [0.15, 0.2) is 5.76 Å². The van der Waals surface area contributed by atoms with Crippen LogP contribution in [0.5, 0.6) is 0 Å². The van der Waals surface area contributed by atoms with E-state index in [4.69, 9.17) is 20.4 Å². The van der Waals surface area contributed by atoms with Crippen molar-refractivity contribution in [1.29, 1.82) is 0 Å². The average Bonchev–Trinajstić information content (AvgIpc) is 1.84. The Bertz CT molecular complexity index is 204. The molecule has 10 heavy (non-hydrogen) atoms. The molecule has 4 N–H and O–H groups in total. The third-order valence-corrected chi connectivity index (χ3v) is 0.906. The van der Waals surface area contributed by atoms with Crippen molar-refractivity contribution < 1.29 is 25.2 Å². The lowest BCUT2D eigenvalue weighted by atomic mass is 10.3. The van der Waals surface area contributed by atoms with E-state index in [2.05, 4.69) is 4.74 Å². The minimum atomic E-state index is -1.64. The van der Waals surface area contributed by atoms with Gasteiger partial charge in [0.05, 0.1) is 6.08 Å². The second-order valence-electron chi connectivity index (χ2n) is 1.63. The van der Waals surface area contributed by atoms with Crippen molar-refractivity contribution in [3.8, 4) is 0 Å². The number of aliphatic hydroxyl groups is 4. The molecule has 1 radical (unpaired) electrons. The minimum Gasteiger partial charge on any atom is -0.506 e. The molecule has 1 heterocycles. The Hall–Kier alpha value is -1.36. The fourth-order valence-corrected chi connectivity index (χ4v) is 0.454. The first-order valence-electron chi connectivity index (χ1n) is 2.41. The summed E-state index contributed by atoms with van der Waals surface area (Å²) in [6.07, 6.45) is 0.218. The molecule has 0 saturated heterocycles. The summed E-state index contributed by atoms with van der Waals surface area (Å²) in [5, 5.41) is 34.3. The number of hydrogen-bond acceptors (Lipinski definition) is 5. The molecule has 0 aromatic rings. The smallest absolute Gasteiger partial charge is 0.324 e. The van der Waals surface area contributed by atoms with Gasteiger partial charge >= 0.3 is 5.95 Å². The zero-order chi connectivity index (χ0) is 7.72. The zero-order valence-corrected chi connectivity index (χ0v) is 4.77. The molecule has 1 aliphatic rings. The fraction of sp³-hybridized carbons (Fsp3) is 0.200. The van der Waals surface area contributed by atoms with E-state index in [-0.39, 0.29) is 0 Å². The van der Waals surface area contributed by atoms with Gasteiger partial charge in [0.2, 0.25) is 5.76 Å². The largest absolute Gasteiger partial charge is 0.506 e. The highest BCUT2D eigenvalue weighted by Crippen LogP contribution is 2.14. The van der Waals surface area contributed by atoms with Gasteiger partial charge in [-0.2, -0.15) is 0 Å². The molecule has 55 valence electrons. The number of ether oxygens (including phenoxy) is 1. The highest BCUT2D eigenvalue weighted by atomic mass is 16.7. The second kappa shape index (κ2) is 2.11. The van der Waals surface area contributed by atoms with Crippen LogP contribution in [0.1, 0.15) is 0 Å². The Morgan fingerprint density at radius 1 is 1.30 bits per heavy atom. The molecule has 0 aromatic heterocycles. The van der Waals surface area contributed by atoms with Crippen molar-refractivity contribution in [3.63, 3.8) is 0 Å². The Labute approximate surface area is 56.1 Å². The van der Waals surface area contributed by atoms with Crippen molar-refractivity contribution in [1.82, 2.24) is 0 Å². The van der Waals surface area contributed by atoms with Crippen LogP contribution >= 0.6 is 0 Å². The lowest BCUT2D eigenvalue weighted by Crippen LogP contribution is -2.19. The highest BCUT2D eigenvalue weighted by Gasteiger charge is 2.21. The molecule has 0 amide bonds. The van der Waals surface area contributed by atoms with Crippen LogP contribution in [-0.4, -0.2) is 26.7 Å². The Morgan fingerprint density at radius 2 is 1.90 bits per heavy atom. The highest BCUT2D eigenvalue weighted by molar-refractivity contribution is 5.12. The van der Waals surface area contributed by atoms with Crippen LogP contribution in [0, 0.1) is 6.08 Å². The summed E-state index contributed by atoms with van der Waals surface area (Å²) in [5.74, 6) is -2.26. The van der Waals surface area contributed by atoms with E-state index < -0.39 is 23.8 Å². The van der Waals surface area contributed by atoms with Crippen LogP contribution in [0.15, 0.2) is 17.5 Å². The minimum absolute atomic E-state index is 0.671. The van der Waals surface area contributed by atoms with E-state index in [0.717, 1.165) is 0 Å². The molecule has 1 atom stereocenters. The van der Waals surface area contributed by atoms with Crippen LogP contribution < -0.4 is 0 Å². The standard InChI is InChI=1S/C5H5O5/c6-2-1-3(7)5(9)10-4(2)8/h4,6-9H. The van der Waals surface area contributed by atoms with Gasteiger partial charge in [0, 0.05) is 0 Å². The van der Waals surface area contributed by atoms with Gasteiger partial charge in [-0.15, -0.1) is 0 Å². The molecule has 0 saturated carbocycles. The molecular weight excluding hydrogens is 140 g/mol. The molecule has 0 fully saturated rings. The van der Waals surface area contributed by atoms with Crippen LogP contribution in [-0.2, 0) is 4.74 Å². The maximum atomic E-state index is 8.59. The van der Waals surface area contributed by atoms with Crippen LogP contribution in [0.4, 0.5) is 0 Å². The van der Waals surface area contributed by atoms with Crippen molar-refractivity contribution in [2.45, 2.75) is 6.29 Å². The van der Waals surface area contributed by atoms with Crippen LogP contribution in [0.3, 0.4) is 0 Å². The second-order valence-corrected chi connectivity index (χ2v) is 1.63. The summed E-state index contributed by atoms with van der Waals surface area (Å²) in [6.45, 7) is 0. The predicted molar refractivity (Wildman–Crippen MR) is 28.8 cm³/mol. The predicted octanol–water partition coefficient (Wildman–Crippen LogP) is -0.135. The number of aliphatic hydroxyl groups excluding tert-OH is 4. The molecule has 5 nitrogen and oxygen atoms in total. The zero-order valence-electron chi connectivity index (χ0n) is 4.77. The van der Waals surface area contributed by atoms with Crippen molar-refractivity contribution in [2.24, 2.45) is 0 Å². The summed E-state index contributed by atoms with van der Waals surface area (Å²) in [7, 11) is 0. The normalized spacial score (nSPS) is 25.7. The molecule has 0 spiro atoms. The molecule has 0 aromatic carbocycles. The summed E-state index contributed by atoms with van der Waals surface area (Å²) in [5.41, 5.74) is 0. The number of rotatable bonds is 0. The lowest BCUT2D eigenvalue weighted by Gasteiger charge is -2.15. The van der Waals surface area contributed by atoms with Crippen molar-refractivity contribution in [3.05, 3.63) is 23.5 Å². The van der Waals surface area contributed by atoms with Gasteiger partial charge in [-0.1, -0.05) is 0 Å². The summed E-state index contributed by atoms with van der Waals surface area (Å²) < 4.78 is 4.10. The van der Waals surface area contributed by atoms with E-state index in [1.165, 1.54) is 0 Å². The summed E-state index contributed by atoms with van der Waals surface area (Å²) >= 11 is 0. The van der Waals surface area contributed by atoms with E-state index >= 15 is 0 Å². The number of hydrogen-bond donors (Lipinski definition) is 4. The number of allylic oxidation sites excluding steroid dienone is 1. The van der Waals surface area contributed by atoms with Gasteiger partial charge in [-0.25, -0.2) is 0 Å². The monoisotopic (exact) mass is 145 g/mol. The quantitative estimate of drug-likeness (QED) is 0.381. The Balaban J connectivity index is 2.88. The van der Waals surface area contributed by atoms with E-state index in [9.17, 15) is 0 Å². The molecular formula is C5H5O5. The maximum Gasteiger partial charge on any atom is 0.324 e. The molecule has 1 rings (SSSR count). The summed E-state index contributed by atoms with van der Waals surface area (Å²) in [6, 6.07) is 0. The van der Waals surface area contributed by atoms with Gasteiger partial charge in [0.25, 0.3) is 6.29 Å². The van der Waals surface area contributed by atoms with Crippen molar-refractivity contribution >= 4 is 0 Å². The molecule has 1 unspecified atom stereocenters. The topological polar surface area (TPSA) is 90.2 Å². The molecule has 0 aliphatic carbocycles. The third-order valence-electron chi connectivity index (χ3n) is 0.906. The average molecular weight is 145 g/mol. The SMILES string of the molecule is OC1=[C]C(O)=C(O)OC1O. The third kappa shape index (κ3) is 0.985. The van der Waals surface area contributed by atoms with Gasteiger partial charge < -0.3 is 25.2 Å². The van der Waals surface area contributed by atoms with Crippen LogP contribution in [0.25, 0.3) is 0 Å². The van der Waals surface area contributed by atoms with Gasteiger partial charge in [-0.3, -0.25) is 0 Å².